The highest BCUT2D eigenvalue weighted by Crippen LogP contribution is 2.25. The van der Waals surface area contributed by atoms with Crippen LogP contribution in [0.3, 0.4) is 0 Å². The third kappa shape index (κ3) is 6.72. The summed E-state index contributed by atoms with van der Waals surface area (Å²) in [5.74, 6) is 0.136. The van der Waals surface area contributed by atoms with E-state index >= 15 is 0 Å². The Bertz CT molecular complexity index is 377. The number of hydrogen-bond acceptors (Lipinski definition) is 2. The van der Waals surface area contributed by atoms with Crippen molar-refractivity contribution in [1.82, 2.24) is 0 Å². The lowest BCUT2D eigenvalue weighted by atomic mass is 9.88. The second-order valence-electron chi connectivity index (χ2n) is 6.35. The minimum absolute atomic E-state index is 0.0682. The van der Waals surface area contributed by atoms with Crippen LogP contribution >= 0.6 is 0 Å². The van der Waals surface area contributed by atoms with E-state index in [0.29, 0.717) is 0 Å². The van der Waals surface area contributed by atoms with Gasteiger partial charge in [-0.05, 0) is 37.8 Å². The van der Waals surface area contributed by atoms with Crippen molar-refractivity contribution < 1.29 is 9.59 Å². The molecule has 2 heteroatoms. The molecule has 0 spiro atoms. The third-order valence-corrected chi connectivity index (χ3v) is 4.41. The van der Waals surface area contributed by atoms with Gasteiger partial charge in [0.05, 0.1) is 0 Å². The Hall–Kier alpha value is -1.18. The number of rotatable bonds is 12. The summed E-state index contributed by atoms with van der Waals surface area (Å²) in [6.07, 6.45) is 16.3. The van der Waals surface area contributed by atoms with Gasteiger partial charge in [-0.15, -0.1) is 0 Å². The van der Waals surface area contributed by atoms with Gasteiger partial charge < -0.3 is 0 Å². The van der Waals surface area contributed by atoms with E-state index in [-0.39, 0.29) is 11.6 Å². The van der Waals surface area contributed by atoms with Crippen molar-refractivity contribution >= 4 is 11.6 Å². The summed E-state index contributed by atoms with van der Waals surface area (Å²) in [6, 6.07) is 0. The van der Waals surface area contributed by atoms with Crippen molar-refractivity contribution in [3.05, 3.63) is 23.3 Å². The number of carbonyl (C=O) groups excluding carboxylic acids is 2. The highest BCUT2D eigenvalue weighted by Gasteiger charge is 2.21. The zero-order valence-corrected chi connectivity index (χ0v) is 14.5. The standard InChI is InChI=1S/C20H32O2/c1-3-5-7-9-11-13-17-18(14-12-10-8-6-4-2)20(22)16-15-19(17)21/h15-16H,3-14H2,1-2H3. The highest BCUT2D eigenvalue weighted by molar-refractivity contribution is 6.20. The molecule has 0 amide bonds. The van der Waals surface area contributed by atoms with Crippen LogP contribution in [0.15, 0.2) is 23.3 Å². The van der Waals surface area contributed by atoms with Gasteiger partial charge in [-0.25, -0.2) is 0 Å². The molecule has 0 fully saturated rings. The highest BCUT2D eigenvalue weighted by atomic mass is 16.1. The summed E-state index contributed by atoms with van der Waals surface area (Å²) < 4.78 is 0. The van der Waals surface area contributed by atoms with E-state index in [2.05, 4.69) is 13.8 Å². The molecule has 0 saturated carbocycles. The quantitative estimate of drug-likeness (QED) is 0.342. The van der Waals surface area contributed by atoms with E-state index in [9.17, 15) is 9.59 Å². The number of ketones is 2. The molecule has 2 nitrogen and oxygen atoms in total. The first kappa shape index (κ1) is 18.9. The Balaban J connectivity index is 2.52. The van der Waals surface area contributed by atoms with E-state index in [1.807, 2.05) is 0 Å². The van der Waals surface area contributed by atoms with E-state index in [1.165, 1.54) is 50.7 Å². The zero-order valence-electron chi connectivity index (χ0n) is 14.5. The molecule has 0 heterocycles. The van der Waals surface area contributed by atoms with Crippen LogP contribution in [-0.4, -0.2) is 11.6 Å². The molecular formula is C20H32O2. The second kappa shape index (κ2) is 11.4. The topological polar surface area (TPSA) is 34.1 Å². The monoisotopic (exact) mass is 304 g/mol. The number of unbranched alkanes of at least 4 members (excludes halogenated alkanes) is 8. The van der Waals surface area contributed by atoms with E-state index in [4.69, 9.17) is 0 Å². The Labute approximate surface area is 136 Å². The van der Waals surface area contributed by atoms with Gasteiger partial charge in [0.1, 0.15) is 0 Å². The maximum absolute atomic E-state index is 12.1. The van der Waals surface area contributed by atoms with Gasteiger partial charge >= 0.3 is 0 Å². The molecule has 0 atom stereocenters. The molecule has 0 aliphatic heterocycles. The van der Waals surface area contributed by atoms with E-state index < -0.39 is 0 Å². The van der Waals surface area contributed by atoms with Crippen molar-refractivity contribution in [3.8, 4) is 0 Å². The predicted octanol–water partition coefficient (Wildman–Crippen LogP) is 5.71. The summed E-state index contributed by atoms with van der Waals surface area (Å²) in [6.45, 7) is 4.40. The summed E-state index contributed by atoms with van der Waals surface area (Å²) in [5.41, 5.74) is 1.61. The van der Waals surface area contributed by atoms with Crippen LogP contribution in [0.5, 0.6) is 0 Å². The average Bonchev–Trinajstić information content (AvgIpc) is 2.52. The number of carbonyl (C=O) groups is 2. The summed E-state index contributed by atoms with van der Waals surface area (Å²) in [4.78, 5) is 24.2. The lowest BCUT2D eigenvalue weighted by Crippen LogP contribution is -2.15. The van der Waals surface area contributed by atoms with Crippen molar-refractivity contribution in [1.29, 1.82) is 0 Å². The second-order valence-corrected chi connectivity index (χ2v) is 6.35. The minimum Gasteiger partial charge on any atom is -0.290 e. The minimum atomic E-state index is 0.0682. The lowest BCUT2D eigenvalue weighted by Gasteiger charge is -2.15. The molecule has 124 valence electrons. The van der Waals surface area contributed by atoms with Crippen LogP contribution in [0, 0.1) is 0 Å². The van der Waals surface area contributed by atoms with Gasteiger partial charge in [-0.2, -0.15) is 0 Å². The van der Waals surface area contributed by atoms with Crippen LogP contribution < -0.4 is 0 Å². The van der Waals surface area contributed by atoms with Crippen molar-refractivity contribution in [2.24, 2.45) is 0 Å². The Morgan fingerprint density at radius 2 is 0.955 bits per heavy atom. The first-order chi connectivity index (χ1) is 10.7. The molecule has 0 radical (unpaired) electrons. The van der Waals surface area contributed by atoms with Crippen LogP contribution in [0.4, 0.5) is 0 Å². The van der Waals surface area contributed by atoms with Gasteiger partial charge in [-0.1, -0.05) is 65.2 Å². The van der Waals surface area contributed by atoms with Crippen LogP contribution in [0.25, 0.3) is 0 Å². The van der Waals surface area contributed by atoms with Crippen molar-refractivity contribution in [3.63, 3.8) is 0 Å². The summed E-state index contributed by atoms with van der Waals surface area (Å²) in [5, 5.41) is 0. The zero-order chi connectivity index (χ0) is 16.2. The summed E-state index contributed by atoms with van der Waals surface area (Å²) in [7, 11) is 0. The Morgan fingerprint density at radius 1 is 0.591 bits per heavy atom. The maximum atomic E-state index is 12.1. The third-order valence-electron chi connectivity index (χ3n) is 4.41. The molecule has 0 saturated heterocycles. The molecule has 0 aromatic heterocycles. The first-order valence-electron chi connectivity index (χ1n) is 9.19. The van der Waals surface area contributed by atoms with Crippen LogP contribution in [0.1, 0.15) is 90.9 Å². The smallest absolute Gasteiger partial charge is 0.182 e. The van der Waals surface area contributed by atoms with E-state index in [0.717, 1.165) is 49.7 Å². The Morgan fingerprint density at radius 3 is 1.32 bits per heavy atom. The number of hydrogen-bond donors (Lipinski definition) is 0. The van der Waals surface area contributed by atoms with Gasteiger partial charge in [0.2, 0.25) is 0 Å². The van der Waals surface area contributed by atoms with Gasteiger partial charge in [0, 0.05) is 11.1 Å². The fraction of sp³-hybridized carbons (Fsp3) is 0.700. The van der Waals surface area contributed by atoms with Crippen molar-refractivity contribution in [2.45, 2.75) is 90.9 Å². The van der Waals surface area contributed by atoms with Crippen LogP contribution in [0.2, 0.25) is 0 Å². The number of allylic oxidation sites excluding steroid dienone is 4. The molecule has 1 rings (SSSR count). The molecule has 22 heavy (non-hydrogen) atoms. The largest absolute Gasteiger partial charge is 0.290 e. The fourth-order valence-electron chi connectivity index (χ4n) is 3.01. The first-order valence-corrected chi connectivity index (χ1v) is 9.19. The maximum Gasteiger partial charge on any atom is 0.182 e. The van der Waals surface area contributed by atoms with E-state index in [1.54, 1.807) is 0 Å². The Kier molecular flexibility index (Phi) is 9.77. The lowest BCUT2D eigenvalue weighted by molar-refractivity contribution is -0.115. The SMILES string of the molecule is CCCCCCCC1=C(CCCCCCC)C(=O)C=CC1=O. The summed E-state index contributed by atoms with van der Waals surface area (Å²) >= 11 is 0. The molecule has 0 aromatic carbocycles. The average molecular weight is 304 g/mol. The molecular weight excluding hydrogens is 272 g/mol. The van der Waals surface area contributed by atoms with Crippen molar-refractivity contribution in [2.75, 3.05) is 0 Å². The molecule has 0 aromatic rings. The van der Waals surface area contributed by atoms with Gasteiger partial charge in [0.25, 0.3) is 0 Å². The molecule has 1 aliphatic carbocycles. The normalized spacial score (nSPS) is 15.0. The molecule has 0 N–H and O–H groups in total. The molecule has 1 aliphatic rings. The fourth-order valence-corrected chi connectivity index (χ4v) is 3.01. The van der Waals surface area contributed by atoms with Crippen LogP contribution in [-0.2, 0) is 9.59 Å². The molecule has 0 bridgehead atoms. The van der Waals surface area contributed by atoms with Gasteiger partial charge in [-0.3, -0.25) is 9.59 Å². The van der Waals surface area contributed by atoms with Gasteiger partial charge in [0.15, 0.2) is 11.6 Å². The predicted molar refractivity (Wildman–Crippen MR) is 92.9 cm³/mol. The molecule has 0 unspecified atom stereocenters.